The minimum atomic E-state index is 0.130. The molecule has 0 aromatic heterocycles. The summed E-state index contributed by atoms with van der Waals surface area (Å²) < 4.78 is 0.960. The third-order valence-corrected chi connectivity index (χ3v) is 2.51. The lowest BCUT2D eigenvalue weighted by Crippen LogP contribution is -2.00. The van der Waals surface area contributed by atoms with Gasteiger partial charge in [0.15, 0.2) is 5.78 Å². The van der Waals surface area contributed by atoms with Crippen LogP contribution in [-0.2, 0) is 0 Å². The van der Waals surface area contributed by atoms with E-state index in [1.165, 1.54) is 0 Å². The molecule has 1 rings (SSSR count). The number of carbonyl (C=O) groups excluding carboxylic acids is 1. The van der Waals surface area contributed by atoms with Gasteiger partial charge in [-0.1, -0.05) is 35.8 Å². The first-order valence-electron chi connectivity index (χ1n) is 4.32. The molecule has 0 spiro atoms. The van der Waals surface area contributed by atoms with E-state index in [1.807, 2.05) is 18.2 Å². The molecule has 0 N–H and O–H groups in total. The number of hydrogen-bond acceptors (Lipinski definition) is 1. The summed E-state index contributed by atoms with van der Waals surface area (Å²) >= 11 is 3.36. The van der Waals surface area contributed by atoms with Crippen molar-refractivity contribution in [2.24, 2.45) is 0 Å². The largest absolute Gasteiger partial charge is 0.295 e. The van der Waals surface area contributed by atoms with E-state index in [2.05, 4.69) is 29.8 Å². The molecule has 70 valence electrons. The fourth-order valence-corrected chi connectivity index (χ4v) is 1.70. The van der Waals surface area contributed by atoms with E-state index in [1.54, 1.807) is 6.92 Å². The molecular weight excluding hydrogens is 228 g/mol. The molecule has 13 heavy (non-hydrogen) atoms. The Bertz CT molecular complexity index is 329. The predicted molar refractivity (Wildman–Crippen MR) is 58.2 cm³/mol. The normalized spacial score (nSPS) is 10.5. The summed E-state index contributed by atoms with van der Waals surface area (Å²) in [6, 6.07) is 5.87. The van der Waals surface area contributed by atoms with Crippen molar-refractivity contribution in [3.05, 3.63) is 33.8 Å². The second-order valence-electron chi connectivity index (χ2n) is 3.44. The molecule has 0 saturated carbocycles. The molecule has 0 aliphatic rings. The molecule has 0 bridgehead atoms. The molecule has 0 unspecified atom stereocenters. The van der Waals surface area contributed by atoms with Crippen molar-refractivity contribution in [3.63, 3.8) is 0 Å². The highest BCUT2D eigenvalue weighted by Crippen LogP contribution is 2.23. The second kappa shape index (κ2) is 4.05. The summed E-state index contributed by atoms with van der Waals surface area (Å²) in [5.41, 5.74) is 1.94. The third kappa shape index (κ3) is 2.41. The van der Waals surface area contributed by atoms with Gasteiger partial charge in [-0.05, 0) is 30.5 Å². The van der Waals surface area contributed by atoms with Crippen LogP contribution in [0.25, 0.3) is 0 Å². The van der Waals surface area contributed by atoms with E-state index < -0.39 is 0 Å². The Balaban J connectivity index is 3.27. The van der Waals surface area contributed by atoms with E-state index in [0.29, 0.717) is 5.92 Å². The number of carbonyl (C=O) groups is 1. The van der Waals surface area contributed by atoms with Gasteiger partial charge in [0.1, 0.15) is 0 Å². The first-order valence-corrected chi connectivity index (χ1v) is 5.12. The number of ketones is 1. The van der Waals surface area contributed by atoms with Crippen molar-refractivity contribution in [1.29, 1.82) is 0 Å². The number of halogens is 1. The van der Waals surface area contributed by atoms with Gasteiger partial charge in [0.05, 0.1) is 0 Å². The zero-order chi connectivity index (χ0) is 10.0. The maximum absolute atomic E-state index is 11.3. The molecule has 1 nitrogen and oxygen atoms in total. The van der Waals surface area contributed by atoms with Crippen molar-refractivity contribution in [2.45, 2.75) is 26.7 Å². The molecule has 0 aliphatic heterocycles. The Morgan fingerprint density at radius 3 is 2.46 bits per heavy atom. The highest BCUT2D eigenvalue weighted by molar-refractivity contribution is 9.10. The summed E-state index contributed by atoms with van der Waals surface area (Å²) in [4.78, 5) is 11.3. The molecule has 0 fully saturated rings. The van der Waals surface area contributed by atoms with Crippen LogP contribution in [0.2, 0.25) is 0 Å². The van der Waals surface area contributed by atoms with E-state index in [-0.39, 0.29) is 5.78 Å². The van der Waals surface area contributed by atoms with Gasteiger partial charge in [-0.3, -0.25) is 4.79 Å². The van der Waals surface area contributed by atoms with Crippen LogP contribution in [0.5, 0.6) is 0 Å². The van der Waals surface area contributed by atoms with Gasteiger partial charge in [0.25, 0.3) is 0 Å². The summed E-state index contributed by atoms with van der Waals surface area (Å²) in [6.07, 6.45) is 0. The summed E-state index contributed by atoms with van der Waals surface area (Å²) in [7, 11) is 0. The Kier molecular flexibility index (Phi) is 3.26. The van der Waals surface area contributed by atoms with Crippen molar-refractivity contribution >= 4 is 21.7 Å². The fraction of sp³-hybridized carbons (Fsp3) is 0.364. The molecule has 1 aromatic carbocycles. The first-order chi connectivity index (χ1) is 6.02. The number of Topliss-reactive ketones (excluding diaryl/α,β-unsaturated/α-hetero) is 1. The van der Waals surface area contributed by atoms with Crippen LogP contribution in [0.4, 0.5) is 0 Å². The lowest BCUT2D eigenvalue weighted by molar-refractivity contribution is 0.101. The molecule has 0 atom stereocenters. The summed E-state index contributed by atoms with van der Waals surface area (Å²) in [5.74, 6) is 0.525. The zero-order valence-corrected chi connectivity index (χ0v) is 9.68. The number of rotatable bonds is 2. The fourth-order valence-electron chi connectivity index (χ4n) is 1.34. The summed E-state index contributed by atoms with van der Waals surface area (Å²) in [5, 5.41) is 0. The predicted octanol–water partition coefficient (Wildman–Crippen LogP) is 3.78. The molecule has 0 aliphatic carbocycles. The van der Waals surface area contributed by atoms with Gasteiger partial charge >= 0.3 is 0 Å². The Morgan fingerprint density at radius 2 is 2.00 bits per heavy atom. The summed E-state index contributed by atoms with van der Waals surface area (Å²) in [6.45, 7) is 5.79. The van der Waals surface area contributed by atoms with Crippen LogP contribution < -0.4 is 0 Å². The lowest BCUT2D eigenvalue weighted by atomic mass is 9.95. The van der Waals surface area contributed by atoms with Gasteiger partial charge in [-0.2, -0.15) is 0 Å². The average Bonchev–Trinajstić information content (AvgIpc) is 2.03. The van der Waals surface area contributed by atoms with E-state index in [0.717, 1.165) is 15.6 Å². The minimum absolute atomic E-state index is 0.130. The van der Waals surface area contributed by atoms with Crippen LogP contribution in [0.3, 0.4) is 0 Å². The van der Waals surface area contributed by atoms with E-state index >= 15 is 0 Å². The number of hydrogen-bond donors (Lipinski definition) is 0. The SMILES string of the molecule is CC(=O)c1cc(Br)ccc1C(C)C. The Labute approximate surface area is 87.3 Å². The van der Waals surface area contributed by atoms with Crippen LogP contribution in [0.1, 0.15) is 42.6 Å². The molecule has 0 radical (unpaired) electrons. The maximum atomic E-state index is 11.3. The zero-order valence-electron chi connectivity index (χ0n) is 8.10. The van der Waals surface area contributed by atoms with E-state index in [9.17, 15) is 4.79 Å². The standard InChI is InChI=1S/C11H13BrO/c1-7(2)10-5-4-9(12)6-11(10)8(3)13/h4-7H,1-3H3. The van der Waals surface area contributed by atoms with Crippen LogP contribution >= 0.6 is 15.9 Å². The van der Waals surface area contributed by atoms with Crippen molar-refractivity contribution in [1.82, 2.24) is 0 Å². The van der Waals surface area contributed by atoms with Crippen molar-refractivity contribution < 1.29 is 4.79 Å². The van der Waals surface area contributed by atoms with Gasteiger partial charge < -0.3 is 0 Å². The monoisotopic (exact) mass is 240 g/mol. The van der Waals surface area contributed by atoms with Crippen LogP contribution in [0.15, 0.2) is 22.7 Å². The quantitative estimate of drug-likeness (QED) is 0.720. The molecule has 2 heteroatoms. The maximum Gasteiger partial charge on any atom is 0.160 e. The van der Waals surface area contributed by atoms with Gasteiger partial charge in [0.2, 0.25) is 0 Å². The first kappa shape index (κ1) is 10.5. The minimum Gasteiger partial charge on any atom is -0.295 e. The van der Waals surface area contributed by atoms with Gasteiger partial charge in [-0.25, -0.2) is 0 Å². The van der Waals surface area contributed by atoms with Gasteiger partial charge in [-0.15, -0.1) is 0 Å². The molecular formula is C11H13BrO. The third-order valence-electron chi connectivity index (χ3n) is 2.02. The molecule has 1 aromatic rings. The molecule has 0 amide bonds. The van der Waals surface area contributed by atoms with Crippen LogP contribution in [-0.4, -0.2) is 5.78 Å². The number of benzene rings is 1. The highest BCUT2D eigenvalue weighted by Gasteiger charge is 2.10. The van der Waals surface area contributed by atoms with Crippen molar-refractivity contribution in [2.75, 3.05) is 0 Å². The average molecular weight is 241 g/mol. The molecule has 0 heterocycles. The van der Waals surface area contributed by atoms with E-state index in [4.69, 9.17) is 0 Å². The van der Waals surface area contributed by atoms with Crippen molar-refractivity contribution in [3.8, 4) is 0 Å². The smallest absolute Gasteiger partial charge is 0.160 e. The Hall–Kier alpha value is -0.630. The molecule has 0 saturated heterocycles. The second-order valence-corrected chi connectivity index (χ2v) is 4.36. The lowest BCUT2D eigenvalue weighted by Gasteiger charge is -2.10. The highest BCUT2D eigenvalue weighted by atomic mass is 79.9. The Morgan fingerprint density at radius 1 is 1.38 bits per heavy atom. The van der Waals surface area contributed by atoms with Gasteiger partial charge in [0, 0.05) is 10.0 Å². The van der Waals surface area contributed by atoms with Crippen LogP contribution in [0, 0.1) is 0 Å². The topological polar surface area (TPSA) is 17.1 Å².